The van der Waals surface area contributed by atoms with Crippen LogP contribution in [0, 0.1) is 5.92 Å². The zero-order valence-corrected chi connectivity index (χ0v) is 11.4. The molecule has 1 aromatic heterocycles. The van der Waals surface area contributed by atoms with Crippen LogP contribution in [-0.4, -0.2) is 42.5 Å². The third-order valence-electron chi connectivity index (χ3n) is 3.08. The van der Waals surface area contributed by atoms with Gasteiger partial charge in [-0.1, -0.05) is 11.6 Å². The van der Waals surface area contributed by atoms with Crippen LogP contribution < -0.4 is 0 Å². The number of piperidine rings is 1. The lowest BCUT2D eigenvalue weighted by Gasteiger charge is -2.30. The molecule has 1 unspecified atom stereocenters. The fraction of sp³-hybridized carbons (Fsp3) is 0.545. The fourth-order valence-electron chi connectivity index (χ4n) is 2.06. The molecule has 1 aliphatic heterocycles. The molecule has 5 nitrogen and oxygen atoms in total. The van der Waals surface area contributed by atoms with Crippen molar-refractivity contribution in [3.63, 3.8) is 0 Å². The van der Waals surface area contributed by atoms with Gasteiger partial charge in [0, 0.05) is 25.9 Å². The summed E-state index contributed by atoms with van der Waals surface area (Å²) in [6, 6.07) is 2.91. The standard InChI is InChI=1S/C11H15ClN2O3S/c12-11-4-3-10(6-13-11)18(16,17)14-5-1-2-9(7-14)8-15/h3-4,6,9,15H,1-2,5,7-8H2. The summed E-state index contributed by atoms with van der Waals surface area (Å²) in [6.07, 6.45) is 2.90. The Morgan fingerprint density at radius 3 is 2.89 bits per heavy atom. The van der Waals surface area contributed by atoms with Gasteiger partial charge >= 0.3 is 0 Å². The molecule has 0 amide bonds. The summed E-state index contributed by atoms with van der Waals surface area (Å²) in [6.45, 7) is 0.869. The minimum absolute atomic E-state index is 0.0187. The quantitative estimate of drug-likeness (QED) is 0.847. The molecule has 1 N–H and O–H groups in total. The zero-order chi connectivity index (χ0) is 13.2. The van der Waals surface area contributed by atoms with Crippen LogP contribution in [0.5, 0.6) is 0 Å². The van der Waals surface area contributed by atoms with Crippen molar-refractivity contribution in [1.29, 1.82) is 0 Å². The Hall–Kier alpha value is -0.690. The van der Waals surface area contributed by atoms with Gasteiger partial charge in [-0.05, 0) is 30.9 Å². The van der Waals surface area contributed by atoms with Gasteiger partial charge in [0.15, 0.2) is 0 Å². The summed E-state index contributed by atoms with van der Waals surface area (Å²) in [5, 5.41) is 9.39. The molecule has 1 fully saturated rings. The molecule has 7 heteroatoms. The van der Waals surface area contributed by atoms with E-state index in [9.17, 15) is 8.42 Å². The summed E-state index contributed by atoms with van der Waals surface area (Å²) in [4.78, 5) is 3.93. The number of nitrogens with zero attached hydrogens (tertiary/aromatic N) is 2. The second kappa shape index (κ2) is 5.52. The molecule has 1 aliphatic rings. The van der Waals surface area contributed by atoms with Crippen molar-refractivity contribution in [2.24, 2.45) is 5.92 Å². The first kappa shape index (κ1) is 13.7. The summed E-state index contributed by atoms with van der Waals surface area (Å²) >= 11 is 5.64. The van der Waals surface area contributed by atoms with Gasteiger partial charge in [-0.2, -0.15) is 4.31 Å². The first-order chi connectivity index (χ1) is 8.54. The average molecular weight is 291 g/mol. The fourth-order valence-corrected chi connectivity index (χ4v) is 3.67. The molecular weight excluding hydrogens is 276 g/mol. The van der Waals surface area contributed by atoms with E-state index in [4.69, 9.17) is 16.7 Å². The molecule has 100 valence electrons. The van der Waals surface area contributed by atoms with Crippen molar-refractivity contribution >= 4 is 21.6 Å². The van der Waals surface area contributed by atoms with Crippen molar-refractivity contribution in [1.82, 2.24) is 9.29 Å². The van der Waals surface area contributed by atoms with E-state index in [1.807, 2.05) is 0 Å². The minimum atomic E-state index is -3.52. The lowest BCUT2D eigenvalue weighted by molar-refractivity contribution is 0.165. The van der Waals surface area contributed by atoms with Crippen LogP contribution in [0.4, 0.5) is 0 Å². The molecular formula is C11H15ClN2O3S. The highest BCUT2D eigenvalue weighted by Crippen LogP contribution is 2.23. The molecule has 0 saturated carbocycles. The van der Waals surface area contributed by atoms with Gasteiger partial charge in [0.25, 0.3) is 0 Å². The number of hydrogen-bond acceptors (Lipinski definition) is 4. The van der Waals surface area contributed by atoms with Gasteiger partial charge in [0.1, 0.15) is 10.0 Å². The predicted molar refractivity (Wildman–Crippen MR) is 67.8 cm³/mol. The van der Waals surface area contributed by atoms with Crippen LogP contribution in [0.3, 0.4) is 0 Å². The molecule has 2 rings (SSSR count). The molecule has 2 heterocycles. The van der Waals surface area contributed by atoms with E-state index in [0.29, 0.717) is 13.1 Å². The molecule has 0 bridgehead atoms. The summed E-state index contributed by atoms with van der Waals surface area (Å²) < 4.78 is 26.0. The maximum absolute atomic E-state index is 12.3. The number of aliphatic hydroxyl groups is 1. The zero-order valence-electron chi connectivity index (χ0n) is 9.79. The molecule has 0 spiro atoms. The molecule has 18 heavy (non-hydrogen) atoms. The Kier molecular flexibility index (Phi) is 4.21. The predicted octanol–water partition coefficient (Wildman–Crippen LogP) is 1.13. The molecule has 1 atom stereocenters. The van der Waals surface area contributed by atoms with Crippen LogP contribution >= 0.6 is 11.6 Å². The Morgan fingerprint density at radius 1 is 1.50 bits per heavy atom. The SMILES string of the molecule is O=S(=O)(c1ccc(Cl)nc1)N1CCCC(CO)C1. The van der Waals surface area contributed by atoms with Gasteiger partial charge in [-0.15, -0.1) is 0 Å². The lowest BCUT2D eigenvalue weighted by atomic mass is 10.0. The average Bonchev–Trinajstić information content (AvgIpc) is 2.39. The van der Waals surface area contributed by atoms with E-state index >= 15 is 0 Å². The van der Waals surface area contributed by atoms with Crippen LogP contribution in [0.1, 0.15) is 12.8 Å². The minimum Gasteiger partial charge on any atom is -0.396 e. The first-order valence-corrected chi connectivity index (χ1v) is 7.58. The third-order valence-corrected chi connectivity index (χ3v) is 5.15. The lowest BCUT2D eigenvalue weighted by Crippen LogP contribution is -2.40. The van der Waals surface area contributed by atoms with Gasteiger partial charge < -0.3 is 5.11 Å². The second-order valence-electron chi connectivity index (χ2n) is 4.37. The highest BCUT2D eigenvalue weighted by atomic mass is 35.5. The van der Waals surface area contributed by atoms with Crippen molar-refractivity contribution in [3.8, 4) is 0 Å². The highest BCUT2D eigenvalue weighted by Gasteiger charge is 2.30. The number of rotatable bonds is 3. The normalized spacial score (nSPS) is 22.0. The van der Waals surface area contributed by atoms with Gasteiger partial charge in [-0.3, -0.25) is 0 Å². The molecule has 1 aromatic rings. The second-order valence-corrected chi connectivity index (χ2v) is 6.70. The number of aromatic nitrogens is 1. The highest BCUT2D eigenvalue weighted by molar-refractivity contribution is 7.89. The summed E-state index contributed by atoms with van der Waals surface area (Å²) in [7, 11) is -3.52. The van der Waals surface area contributed by atoms with Crippen molar-refractivity contribution < 1.29 is 13.5 Å². The maximum atomic E-state index is 12.3. The summed E-state index contributed by atoms with van der Waals surface area (Å²) in [5.41, 5.74) is 0. The van der Waals surface area contributed by atoms with Gasteiger partial charge in [0.2, 0.25) is 10.0 Å². The Bertz CT molecular complexity index is 504. The number of pyridine rings is 1. The van der Waals surface area contributed by atoms with Crippen molar-refractivity contribution in [2.75, 3.05) is 19.7 Å². The van der Waals surface area contributed by atoms with Crippen molar-refractivity contribution in [3.05, 3.63) is 23.5 Å². The largest absolute Gasteiger partial charge is 0.396 e. The first-order valence-electron chi connectivity index (χ1n) is 5.76. The Balaban J connectivity index is 2.22. The van der Waals surface area contributed by atoms with Crippen LogP contribution in [-0.2, 0) is 10.0 Å². The van der Waals surface area contributed by atoms with Crippen LogP contribution in [0.2, 0.25) is 5.15 Å². The molecule has 0 aromatic carbocycles. The van der Waals surface area contributed by atoms with Crippen molar-refractivity contribution in [2.45, 2.75) is 17.7 Å². The third kappa shape index (κ3) is 2.83. The molecule has 1 saturated heterocycles. The maximum Gasteiger partial charge on any atom is 0.244 e. The van der Waals surface area contributed by atoms with E-state index in [-0.39, 0.29) is 22.6 Å². The summed E-state index contributed by atoms with van der Waals surface area (Å²) in [5.74, 6) is 0.0220. The number of aliphatic hydroxyl groups excluding tert-OH is 1. The van der Waals surface area contributed by atoms with E-state index in [1.54, 1.807) is 0 Å². The van der Waals surface area contributed by atoms with E-state index < -0.39 is 10.0 Å². The topological polar surface area (TPSA) is 70.5 Å². The van der Waals surface area contributed by atoms with Crippen LogP contribution in [0.25, 0.3) is 0 Å². The Labute approximate surface area is 111 Å². The Morgan fingerprint density at radius 2 is 2.28 bits per heavy atom. The molecule has 0 aliphatic carbocycles. The number of halogens is 1. The van der Waals surface area contributed by atoms with Gasteiger partial charge in [-0.25, -0.2) is 13.4 Å². The number of hydrogen-bond donors (Lipinski definition) is 1. The van der Waals surface area contributed by atoms with E-state index in [2.05, 4.69) is 4.98 Å². The smallest absolute Gasteiger partial charge is 0.244 e. The van der Waals surface area contributed by atoms with Gasteiger partial charge in [0.05, 0.1) is 0 Å². The number of sulfonamides is 1. The van der Waals surface area contributed by atoms with Crippen LogP contribution in [0.15, 0.2) is 23.2 Å². The van der Waals surface area contributed by atoms with E-state index in [1.165, 1.54) is 22.6 Å². The van der Waals surface area contributed by atoms with E-state index in [0.717, 1.165) is 12.8 Å². The molecule has 0 radical (unpaired) electrons. The monoisotopic (exact) mass is 290 g/mol.